The van der Waals surface area contributed by atoms with Crippen molar-refractivity contribution in [3.63, 3.8) is 0 Å². The van der Waals surface area contributed by atoms with Gasteiger partial charge in [0, 0.05) is 18.5 Å². The number of rotatable bonds is 5. The SMILES string of the molecule is Cc1cccc(C)c1OCCOC(=O)C1CCN(C(=O)C(C)(C)C)CC1. The molecule has 1 saturated heterocycles. The lowest BCUT2D eigenvalue weighted by molar-refractivity contribution is -0.153. The maximum absolute atomic E-state index is 12.3. The van der Waals surface area contributed by atoms with Crippen LogP contribution in [0, 0.1) is 25.2 Å². The standard InChI is InChI=1S/C21H31NO4/c1-15-7-6-8-16(2)18(15)25-13-14-26-19(23)17-9-11-22(12-10-17)20(24)21(3,4)5/h6-8,17H,9-14H2,1-5H3. The third kappa shape index (κ3) is 5.23. The van der Waals surface area contributed by atoms with Crippen molar-refractivity contribution in [2.75, 3.05) is 26.3 Å². The van der Waals surface area contributed by atoms with Crippen molar-refractivity contribution in [1.82, 2.24) is 4.90 Å². The molecule has 1 aromatic carbocycles. The fraction of sp³-hybridized carbons (Fsp3) is 0.619. The number of nitrogens with zero attached hydrogens (tertiary/aromatic N) is 1. The monoisotopic (exact) mass is 361 g/mol. The second kappa shape index (κ2) is 8.56. The topological polar surface area (TPSA) is 55.8 Å². The number of carbonyl (C=O) groups excluding carboxylic acids is 2. The molecule has 26 heavy (non-hydrogen) atoms. The van der Waals surface area contributed by atoms with Crippen molar-refractivity contribution in [2.24, 2.45) is 11.3 Å². The Balaban J connectivity index is 1.72. The van der Waals surface area contributed by atoms with E-state index in [-0.39, 0.29) is 29.8 Å². The number of piperidine rings is 1. The third-order valence-corrected chi connectivity index (χ3v) is 4.74. The van der Waals surface area contributed by atoms with Gasteiger partial charge in [0.15, 0.2) is 0 Å². The lowest BCUT2D eigenvalue weighted by Crippen LogP contribution is -2.45. The zero-order chi connectivity index (χ0) is 19.3. The van der Waals surface area contributed by atoms with Gasteiger partial charge in [0.05, 0.1) is 5.92 Å². The third-order valence-electron chi connectivity index (χ3n) is 4.74. The first kappa shape index (κ1) is 20.3. The normalized spacial score (nSPS) is 15.7. The Hall–Kier alpha value is -2.04. The Morgan fingerprint density at radius 1 is 1.08 bits per heavy atom. The largest absolute Gasteiger partial charge is 0.489 e. The average Bonchev–Trinajstić information content (AvgIpc) is 2.59. The van der Waals surface area contributed by atoms with E-state index < -0.39 is 0 Å². The molecule has 144 valence electrons. The average molecular weight is 361 g/mol. The van der Waals surface area contributed by atoms with E-state index >= 15 is 0 Å². The van der Waals surface area contributed by atoms with Crippen molar-refractivity contribution in [2.45, 2.75) is 47.5 Å². The molecule has 0 spiro atoms. The fourth-order valence-electron chi connectivity index (χ4n) is 3.22. The van der Waals surface area contributed by atoms with Gasteiger partial charge < -0.3 is 14.4 Å². The van der Waals surface area contributed by atoms with Gasteiger partial charge >= 0.3 is 5.97 Å². The number of carbonyl (C=O) groups is 2. The molecule has 1 amide bonds. The smallest absolute Gasteiger partial charge is 0.309 e. The highest BCUT2D eigenvalue weighted by molar-refractivity contribution is 5.82. The first-order chi connectivity index (χ1) is 12.2. The van der Waals surface area contributed by atoms with Gasteiger partial charge in [-0.3, -0.25) is 9.59 Å². The van der Waals surface area contributed by atoms with Gasteiger partial charge in [-0.15, -0.1) is 0 Å². The minimum Gasteiger partial charge on any atom is -0.489 e. The Bertz CT molecular complexity index is 620. The van der Waals surface area contributed by atoms with Crippen LogP contribution in [0.3, 0.4) is 0 Å². The quantitative estimate of drug-likeness (QED) is 0.595. The van der Waals surface area contributed by atoms with Crippen LogP contribution in [-0.4, -0.2) is 43.1 Å². The molecule has 5 nitrogen and oxygen atoms in total. The van der Waals surface area contributed by atoms with Crippen LogP contribution in [0.15, 0.2) is 18.2 Å². The molecule has 0 unspecified atom stereocenters. The molecule has 0 bridgehead atoms. The summed E-state index contributed by atoms with van der Waals surface area (Å²) >= 11 is 0. The molecule has 5 heteroatoms. The Morgan fingerprint density at radius 3 is 2.19 bits per heavy atom. The highest BCUT2D eigenvalue weighted by Gasteiger charge is 2.32. The first-order valence-electron chi connectivity index (χ1n) is 9.35. The van der Waals surface area contributed by atoms with E-state index in [0.29, 0.717) is 32.5 Å². The van der Waals surface area contributed by atoms with Crippen LogP contribution in [0.2, 0.25) is 0 Å². The second-order valence-electron chi connectivity index (χ2n) is 8.05. The maximum Gasteiger partial charge on any atom is 0.309 e. The zero-order valence-corrected chi connectivity index (χ0v) is 16.6. The highest BCUT2D eigenvalue weighted by atomic mass is 16.6. The molecule has 1 aromatic rings. The van der Waals surface area contributed by atoms with Crippen LogP contribution in [0.25, 0.3) is 0 Å². The maximum atomic E-state index is 12.3. The number of hydrogen-bond acceptors (Lipinski definition) is 4. The number of para-hydroxylation sites is 1. The summed E-state index contributed by atoms with van der Waals surface area (Å²) in [5.41, 5.74) is 1.78. The molecule has 0 saturated carbocycles. The predicted molar refractivity (Wildman–Crippen MR) is 101 cm³/mol. The van der Waals surface area contributed by atoms with Crippen LogP contribution in [0.4, 0.5) is 0 Å². The molecule has 0 aliphatic carbocycles. The van der Waals surface area contributed by atoms with E-state index in [1.807, 2.05) is 57.7 Å². The summed E-state index contributed by atoms with van der Waals surface area (Å²) in [6.07, 6.45) is 1.33. The summed E-state index contributed by atoms with van der Waals surface area (Å²) in [5, 5.41) is 0. The van der Waals surface area contributed by atoms with Crippen molar-refractivity contribution >= 4 is 11.9 Å². The molecule has 1 heterocycles. The molecular formula is C21H31NO4. The van der Waals surface area contributed by atoms with Gasteiger partial charge in [0.25, 0.3) is 0 Å². The van der Waals surface area contributed by atoms with Crippen LogP contribution in [-0.2, 0) is 14.3 Å². The van der Waals surface area contributed by atoms with Gasteiger partial charge in [-0.1, -0.05) is 39.0 Å². The van der Waals surface area contributed by atoms with E-state index in [2.05, 4.69) is 0 Å². The summed E-state index contributed by atoms with van der Waals surface area (Å²) in [6.45, 7) is 11.6. The predicted octanol–water partition coefficient (Wildman–Crippen LogP) is 3.51. The number of ether oxygens (including phenoxy) is 2. The molecule has 0 radical (unpaired) electrons. The molecule has 2 rings (SSSR count). The van der Waals surface area contributed by atoms with Gasteiger partial charge in [-0.05, 0) is 37.8 Å². The number of benzene rings is 1. The molecule has 1 aliphatic heterocycles. The van der Waals surface area contributed by atoms with Gasteiger partial charge in [-0.2, -0.15) is 0 Å². The van der Waals surface area contributed by atoms with E-state index in [0.717, 1.165) is 16.9 Å². The summed E-state index contributed by atoms with van der Waals surface area (Å²) in [6, 6.07) is 6.00. The summed E-state index contributed by atoms with van der Waals surface area (Å²) < 4.78 is 11.1. The van der Waals surface area contributed by atoms with E-state index in [4.69, 9.17) is 9.47 Å². The molecule has 0 atom stereocenters. The Labute approximate surface area is 156 Å². The van der Waals surface area contributed by atoms with Gasteiger partial charge in [-0.25, -0.2) is 0 Å². The van der Waals surface area contributed by atoms with Crippen LogP contribution in [0.1, 0.15) is 44.7 Å². The van der Waals surface area contributed by atoms with Crippen molar-refractivity contribution in [3.8, 4) is 5.75 Å². The fourth-order valence-corrected chi connectivity index (χ4v) is 3.22. The lowest BCUT2D eigenvalue weighted by Gasteiger charge is -2.34. The molecule has 1 fully saturated rings. The molecular weight excluding hydrogens is 330 g/mol. The van der Waals surface area contributed by atoms with E-state index in [9.17, 15) is 9.59 Å². The van der Waals surface area contributed by atoms with Crippen molar-refractivity contribution < 1.29 is 19.1 Å². The van der Waals surface area contributed by atoms with Crippen molar-refractivity contribution in [3.05, 3.63) is 29.3 Å². The minimum absolute atomic E-state index is 0.126. The van der Waals surface area contributed by atoms with E-state index in [1.165, 1.54) is 0 Å². The van der Waals surface area contributed by atoms with E-state index in [1.54, 1.807) is 0 Å². The second-order valence-corrected chi connectivity index (χ2v) is 8.05. The molecule has 1 aliphatic rings. The number of hydrogen-bond donors (Lipinski definition) is 0. The first-order valence-corrected chi connectivity index (χ1v) is 9.35. The van der Waals surface area contributed by atoms with Crippen molar-refractivity contribution in [1.29, 1.82) is 0 Å². The minimum atomic E-state index is -0.377. The summed E-state index contributed by atoms with van der Waals surface area (Å²) in [5.74, 6) is 0.695. The number of likely N-dealkylation sites (tertiary alicyclic amines) is 1. The summed E-state index contributed by atoms with van der Waals surface area (Å²) in [4.78, 5) is 26.4. The Morgan fingerprint density at radius 2 is 1.65 bits per heavy atom. The van der Waals surface area contributed by atoms with Crippen LogP contribution in [0.5, 0.6) is 5.75 Å². The number of amides is 1. The number of esters is 1. The molecule has 0 N–H and O–H groups in total. The summed E-state index contributed by atoms with van der Waals surface area (Å²) in [7, 11) is 0. The highest BCUT2D eigenvalue weighted by Crippen LogP contribution is 2.25. The zero-order valence-electron chi connectivity index (χ0n) is 16.6. The van der Waals surface area contributed by atoms with Gasteiger partial charge in [0.2, 0.25) is 5.91 Å². The number of aryl methyl sites for hydroxylation is 2. The van der Waals surface area contributed by atoms with Crippen LogP contribution >= 0.6 is 0 Å². The Kier molecular flexibility index (Phi) is 6.68. The van der Waals surface area contributed by atoms with Gasteiger partial charge in [0.1, 0.15) is 19.0 Å². The van der Waals surface area contributed by atoms with Crippen LogP contribution < -0.4 is 4.74 Å². The molecule has 0 aromatic heterocycles. The lowest BCUT2D eigenvalue weighted by atomic mass is 9.91.